The summed E-state index contributed by atoms with van der Waals surface area (Å²) in [4.78, 5) is 2.48. The van der Waals surface area contributed by atoms with Gasteiger partial charge in [-0.3, -0.25) is 0 Å². The number of nitrogens with one attached hydrogen (secondary N) is 2. The van der Waals surface area contributed by atoms with Crippen molar-refractivity contribution in [1.82, 2.24) is 15.5 Å². The standard InChI is InChI=1S/C14H29N3/c1-11-9-12(6-8-17(11)4)16-13-5-7-15-10-14(13,2)3/h11-13,15-16H,5-10H2,1-4H3. The molecular formula is C14H29N3. The monoisotopic (exact) mass is 239 g/mol. The predicted molar refractivity (Wildman–Crippen MR) is 73.3 cm³/mol. The van der Waals surface area contributed by atoms with E-state index in [1.165, 1.54) is 32.4 Å². The molecule has 3 nitrogen and oxygen atoms in total. The van der Waals surface area contributed by atoms with Crippen LogP contribution in [0.25, 0.3) is 0 Å². The molecule has 2 aliphatic heterocycles. The van der Waals surface area contributed by atoms with Crippen LogP contribution in [0, 0.1) is 5.41 Å². The van der Waals surface area contributed by atoms with Gasteiger partial charge in [0.1, 0.15) is 0 Å². The lowest BCUT2D eigenvalue weighted by Gasteiger charge is -2.44. The van der Waals surface area contributed by atoms with Crippen LogP contribution in [0.5, 0.6) is 0 Å². The van der Waals surface area contributed by atoms with Gasteiger partial charge < -0.3 is 15.5 Å². The fraction of sp³-hybridized carbons (Fsp3) is 1.00. The Hall–Kier alpha value is -0.120. The molecule has 0 spiro atoms. The average molecular weight is 239 g/mol. The highest BCUT2D eigenvalue weighted by Gasteiger charge is 2.34. The fourth-order valence-electron chi connectivity index (χ4n) is 3.21. The van der Waals surface area contributed by atoms with Crippen LogP contribution < -0.4 is 10.6 Å². The molecule has 0 aromatic rings. The first kappa shape index (κ1) is 13.3. The maximum Gasteiger partial charge on any atom is 0.0145 e. The van der Waals surface area contributed by atoms with Crippen LogP contribution >= 0.6 is 0 Å². The Bertz CT molecular complexity index is 252. The number of hydrogen-bond acceptors (Lipinski definition) is 3. The summed E-state index contributed by atoms with van der Waals surface area (Å²) in [6.45, 7) is 10.7. The van der Waals surface area contributed by atoms with Gasteiger partial charge in [-0.15, -0.1) is 0 Å². The maximum atomic E-state index is 3.93. The van der Waals surface area contributed by atoms with Gasteiger partial charge in [-0.05, 0) is 51.7 Å². The van der Waals surface area contributed by atoms with Crippen LogP contribution in [0.2, 0.25) is 0 Å². The normalized spacial score (nSPS) is 39.2. The van der Waals surface area contributed by atoms with Gasteiger partial charge in [0.25, 0.3) is 0 Å². The first-order chi connectivity index (χ1) is 7.99. The van der Waals surface area contributed by atoms with Crippen molar-refractivity contribution < 1.29 is 0 Å². The lowest BCUT2D eigenvalue weighted by Crippen LogP contribution is -2.57. The first-order valence-corrected chi connectivity index (χ1v) is 7.16. The zero-order valence-corrected chi connectivity index (χ0v) is 11.9. The van der Waals surface area contributed by atoms with E-state index in [0.29, 0.717) is 11.5 Å². The lowest BCUT2D eigenvalue weighted by molar-refractivity contribution is 0.122. The minimum atomic E-state index is 0.394. The van der Waals surface area contributed by atoms with Crippen LogP contribution in [0.1, 0.15) is 40.0 Å². The van der Waals surface area contributed by atoms with Crippen molar-refractivity contribution in [3.05, 3.63) is 0 Å². The summed E-state index contributed by atoms with van der Waals surface area (Å²) >= 11 is 0. The van der Waals surface area contributed by atoms with Gasteiger partial charge in [-0.1, -0.05) is 13.8 Å². The van der Waals surface area contributed by atoms with Crippen molar-refractivity contribution in [3.8, 4) is 0 Å². The summed E-state index contributed by atoms with van der Waals surface area (Å²) in [5, 5.41) is 7.44. The second-order valence-corrected chi connectivity index (χ2v) is 6.72. The van der Waals surface area contributed by atoms with Crippen molar-refractivity contribution in [2.24, 2.45) is 5.41 Å². The zero-order valence-electron chi connectivity index (χ0n) is 11.9. The van der Waals surface area contributed by atoms with E-state index in [1.54, 1.807) is 0 Å². The molecule has 0 amide bonds. The summed E-state index contributed by atoms with van der Waals surface area (Å²) in [7, 11) is 2.25. The maximum absolute atomic E-state index is 3.93. The van der Waals surface area contributed by atoms with E-state index in [9.17, 15) is 0 Å². The quantitative estimate of drug-likeness (QED) is 0.764. The van der Waals surface area contributed by atoms with Crippen LogP contribution in [0.4, 0.5) is 0 Å². The van der Waals surface area contributed by atoms with Crippen molar-refractivity contribution in [1.29, 1.82) is 0 Å². The summed E-state index contributed by atoms with van der Waals surface area (Å²) in [5.41, 5.74) is 0.394. The molecule has 2 rings (SSSR count). The van der Waals surface area contributed by atoms with E-state index in [4.69, 9.17) is 0 Å². The number of hydrogen-bond donors (Lipinski definition) is 2. The Labute approximate surface area is 106 Å². The van der Waals surface area contributed by atoms with E-state index < -0.39 is 0 Å². The highest BCUT2D eigenvalue weighted by atomic mass is 15.2. The van der Waals surface area contributed by atoms with Gasteiger partial charge in [-0.25, -0.2) is 0 Å². The van der Waals surface area contributed by atoms with Gasteiger partial charge in [-0.2, -0.15) is 0 Å². The first-order valence-electron chi connectivity index (χ1n) is 7.16. The minimum Gasteiger partial charge on any atom is -0.316 e. The molecule has 0 aliphatic carbocycles. The minimum absolute atomic E-state index is 0.394. The molecule has 2 saturated heterocycles. The number of nitrogens with zero attached hydrogens (tertiary/aromatic N) is 1. The molecule has 2 heterocycles. The zero-order chi connectivity index (χ0) is 12.5. The van der Waals surface area contributed by atoms with Crippen LogP contribution in [0.3, 0.4) is 0 Å². The Balaban J connectivity index is 1.88. The summed E-state index contributed by atoms with van der Waals surface area (Å²) in [5.74, 6) is 0. The van der Waals surface area contributed by atoms with E-state index in [1.807, 2.05) is 0 Å². The summed E-state index contributed by atoms with van der Waals surface area (Å²) in [6.07, 6.45) is 3.88. The molecule has 100 valence electrons. The smallest absolute Gasteiger partial charge is 0.0145 e. The van der Waals surface area contributed by atoms with E-state index in [2.05, 4.69) is 43.4 Å². The third-order valence-corrected chi connectivity index (χ3v) is 4.78. The second kappa shape index (κ2) is 5.25. The number of rotatable bonds is 2. The predicted octanol–water partition coefficient (Wildman–Crippen LogP) is 1.45. The van der Waals surface area contributed by atoms with Gasteiger partial charge in [0.15, 0.2) is 0 Å². The average Bonchev–Trinajstić information content (AvgIpc) is 2.26. The summed E-state index contributed by atoms with van der Waals surface area (Å²) < 4.78 is 0. The van der Waals surface area contributed by atoms with Crippen LogP contribution in [-0.2, 0) is 0 Å². The largest absolute Gasteiger partial charge is 0.316 e. The van der Waals surface area contributed by atoms with Gasteiger partial charge >= 0.3 is 0 Å². The molecular weight excluding hydrogens is 210 g/mol. The van der Waals surface area contributed by atoms with Crippen LogP contribution in [-0.4, -0.2) is 49.7 Å². The van der Waals surface area contributed by atoms with Gasteiger partial charge in [0.2, 0.25) is 0 Å². The molecule has 3 atom stereocenters. The third-order valence-electron chi connectivity index (χ3n) is 4.78. The Morgan fingerprint density at radius 3 is 2.71 bits per heavy atom. The Kier molecular flexibility index (Phi) is 4.11. The van der Waals surface area contributed by atoms with E-state index in [-0.39, 0.29) is 0 Å². The van der Waals surface area contributed by atoms with E-state index >= 15 is 0 Å². The van der Waals surface area contributed by atoms with E-state index in [0.717, 1.165) is 18.6 Å². The Morgan fingerprint density at radius 2 is 2.06 bits per heavy atom. The SMILES string of the molecule is CC1CC(NC2CCNCC2(C)C)CCN1C. The second-order valence-electron chi connectivity index (χ2n) is 6.72. The molecule has 0 bridgehead atoms. The molecule has 2 fully saturated rings. The molecule has 17 heavy (non-hydrogen) atoms. The fourth-order valence-corrected chi connectivity index (χ4v) is 3.21. The molecule has 2 aliphatic rings. The van der Waals surface area contributed by atoms with Crippen molar-refractivity contribution in [2.75, 3.05) is 26.7 Å². The molecule has 2 N–H and O–H groups in total. The number of piperidine rings is 2. The topological polar surface area (TPSA) is 27.3 Å². The Morgan fingerprint density at radius 1 is 1.29 bits per heavy atom. The molecule has 0 aromatic carbocycles. The molecule has 3 heteroatoms. The highest BCUT2D eigenvalue weighted by Crippen LogP contribution is 2.27. The van der Waals surface area contributed by atoms with Gasteiger partial charge in [0, 0.05) is 24.7 Å². The molecule has 3 unspecified atom stereocenters. The van der Waals surface area contributed by atoms with Gasteiger partial charge in [0.05, 0.1) is 0 Å². The highest BCUT2D eigenvalue weighted by molar-refractivity contribution is 4.93. The lowest BCUT2D eigenvalue weighted by atomic mass is 9.79. The number of likely N-dealkylation sites (tertiary alicyclic amines) is 1. The van der Waals surface area contributed by atoms with Crippen molar-refractivity contribution in [2.45, 2.75) is 58.2 Å². The molecule has 0 aromatic heterocycles. The molecule has 0 radical (unpaired) electrons. The van der Waals surface area contributed by atoms with Crippen molar-refractivity contribution >= 4 is 0 Å². The third kappa shape index (κ3) is 3.21. The molecule has 0 saturated carbocycles. The van der Waals surface area contributed by atoms with Crippen molar-refractivity contribution in [3.63, 3.8) is 0 Å². The summed E-state index contributed by atoms with van der Waals surface area (Å²) in [6, 6.07) is 2.14. The van der Waals surface area contributed by atoms with Crippen LogP contribution in [0.15, 0.2) is 0 Å².